The first-order chi connectivity index (χ1) is 5.18. The smallest absolute Gasteiger partial charge is 0.0359 e. The van der Waals surface area contributed by atoms with Gasteiger partial charge in [-0.2, -0.15) is 11.8 Å². The molecule has 0 aromatic carbocycles. The first-order valence-electron chi connectivity index (χ1n) is 4.31. The summed E-state index contributed by atoms with van der Waals surface area (Å²) in [4.78, 5) is 0. The van der Waals surface area contributed by atoms with Crippen molar-refractivity contribution in [2.45, 2.75) is 38.5 Å². The second-order valence-electron chi connectivity index (χ2n) is 3.25. The third-order valence-electron chi connectivity index (χ3n) is 1.80. The second-order valence-corrected chi connectivity index (χ2v) is 4.79. The first kappa shape index (κ1) is 11.6. The maximum atomic E-state index is 6.09. The maximum absolute atomic E-state index is 6.09. The van der Waals surface area contributed by atoms with Crippen molar-refractivity contribution in [1.29, 1.82) is 0 Å². The molecule has 0 aliphatic carbocycles. The molecule has 0 radical (unpaired) electrons. The van der Waals surface area contributed by atoms with E-state index in [1.807, 2.05) is 11.8 Å². The topological polar surface area (TPSA) is 0 Å². The molecule has 0 amide bonds. The molecular weight excluding hydrogens is 176 g/mol. The highest BCUT2D eigenvalue weighted by molar-refractivity contribution is 7.98. The third-order valence-corrected chi connectivity index (χ3v) is 3.22. The zero-order valence-corrected chi connectivity index (χ0v) is 9.34. The number of hydrogen-bond acceptors (Lipinski definition) is 1. The summed E-state index contributed by atoms with van der Waals surface area (Å²) in [7, 11) is 0. The van der Waals surface area contributed by atoms with E-state index in [9.17, 15) is 0 Å². The van der Waals surface area contributed by atoms with E-state index in [0.717, 1.165) is 0 Å². The van der Waals surface area contributed by atoms with Crippen LogP contribution in [-0.4, -0.2) is 17.4 Å². The van der Waals surface area contributed by atoms with E-state index in [2.05, 4.69) is 20.1 Å². The standard InChI is InChI=1S/C9H19ClS/c1-8(2)9(10)6-4-5-7-11-3/h8-9H,4-7H2,1-3H3. The minimum absolute atomic E-state index is 0.386. The summed E-state index contributed by atoms with van der Waals surface area (Å²) < 4.78 is 0. The van der Waals surface area contributed by atoms with Gasteiger partial charge in [-0.15, -0.1) is 11.6 Å². The van der Waals surface area contributed by atoms with Crippen molar-refractivity contribution in [3.63, 3.8) is 0 Å². The lowest BCUT2D eigenvalue weighted by atomic mass is 10.1. The van der Waals surface area contributed by atoms with Gasteiger partial charge < -0.3 is 0 Å². The highest BCUT2D eigenvalue weighted by Gasteiger charge is 2.07. The normalized spacial score (nSPS) is 13.9. The molecule has 11 heavy (non-hydrogen) atoms. The second kappa shape index (κ2) is 7.30. The molecule has 68 valence electrons. The Hall–Kier alpha value is 0.640. The molecule has 0 aromatic heterocycles. The number of halogens is 1. The zero-order valence-electron chi connectivity index (χ0n) is 7.77. The van der Waals surface area contributed by atoms with Gasteiger partial charge in [-0.05, 0) is 30.8 Å². The average molecular weight is 195 g/mol. The van der Waals surface area contributed by atoms with Gasteiger partial charge in [-0.3, -0.25) is 0 Å². The highest BCUT2D eigenvalue weighted by Crippen LogP contribution is 2.16. The van der Waals surface area contributed by atoms with Crippen LogP contribution in [0.3, 0.4) is 0 Å². The lowest BCUT2D eigenvalue weighted by Gasteiger charge is -2.11. The van der Waals surface area contributed by atoms with Gasteiger partial charge in [-0.1, -0.05) is 20.3 Å². The molecule has 0 saturated heterocycles. The Labute approximate surface area is 80.1 Å². The van der Waals surface area contributed by atoms with Crippen LogP contribution in [0.25, 0.3) is 0 Å². The van der Waals surface area contributed by atoms with Crippen molar-refractivity contribution in [2.75, 3.05) is 12.0 Å². The van der Waals surface area contributed by atoms with Gasteiger partial charge in [0.05, 0.1) is 0 Å². The summed E-state index contributed by atoms with van der Waals surface area (Å²) in [5.74, 6) is 1.91. The third kappa shape index (κ3) is 7.02. The molecule has 0 aromatic rings. The Kier molecular flexibility index (Phi) is 7.72. The molecule has 0 rings (SSSR count). The Morgan fingerprint density at radius 1 is 1.27 bits per heavy atom. The molecule has 0 saturated carbocycles. The van der Waals surface area contributed by atoms with Gasteiger partial charge in [-0.25, -0.2) is 0 Å². The van der Waals surface area contributed by atoms with Gasteiger partial charge in [0, 0.05) is 5.38 Å². The van der Waals surface area contributed by atoms with Gasteiger partial charge in [0.25, 0.3) is 0 Å². The van der Waals surface area contributed by atoms with E-state index in [1.54, 1.807) is 0 Å². The summed E-state index contributed by atoms with van der Waals surface area (Å²) in [5.41, 5.74) is 0. The number of thioether (sulfide) groups is 1. The van der Waals surface area contributed by atoms with Crippen LogP contribution in [0.15, 0.2) is 0 Å². The van der Waals surface area contributed by atoms with Gasteiger partial charge in [0.1, 0.15) is 0 Å². The lowest BCUT2D eigenvalue weighted by molar-refractivity contribution is 0.545. The minimum Gasteiger partial charge on any atom is -0.165 e. The fourth-order valence-corrected chi connectivity index (χ4v) is 1.57. The van der Waals surface area contributed by atoms with Crippen LogP contribution < -0.4 is 0 Å². The summed E-state index contributed by atoms with van der Waals surface area (Å²) >= 11 is 8.01. The largest absolute Gasteiger partial charge is 0.165 e. The highest BCUT2D eigenvalue weighted by atomic mass is 35.5. The molecule has 0 aliphatic rings. The maximum Gasteiger partial charge on any atom is 0.0359 e. The number of unbranched alkanes of at least 4 members (excludes halogenated alkanes) is 1. The Balaban J connectivity index is 3.10. The summed E-state index contributed by atoms with van der Waals surface area (Å²) in [6.45, 7) is 4.37. The van der Waals surface area contributed by atoms with Crippen LogP contribution in [-0.2, 0) is 0 Å². The molecule has 0 fully saturated rings. The summed E-state index contributed by atoms with van der Waals surface area (Å²) in [5, 5.41) is 0.386. The van der Waals surface area contributed by atoms with Crippen LogP contribution in [0.4, 0.5) is 0 Å². The molecule has 0 aliphatic heterocycles. The van der Waals surface area contributed by atoms with Crippen molar-refractivity contribution in [1.82, 2.24) is 0 Å². The van der Waals surface area contributed by atoms with Gasteiger partial charge in [0.15, 0.2) is 0 Å². The van der Waals surface area contributed by atoms with E-state index in [4.69, 9.17) is 11.6 Å². The molecule has 0 N–H and O–H groups in total. The van der Waals surface area contributed by atoms with Crippen molar-refractivity contribution >= 4 is 23.4 Å². The molecule has 0 nitrogen and oxygen atoms in total. The predicted molar refractivity (Wildman–Crippen MR) is 56.7 cm³/mol. The van der Waals surface area contributed by atoms with Crippen LogP contribution in [0.2, 0.25) is 0 Å². The zero-order chi connectivity index (χ0) is 8.69. The van der Waals surface area contributed by atoms with Crippen LogP contribution in [0.1, 0.15) is 33.1 Å². The summed E-state index contributed by atoms with van der Waals surface area (Å²) in [6.07, 6.45) is 5.94. The Morgan fingerprint density at radius 2 is 1.91 bits per heavy atom. The molecule has 1 atom stereocenters. The fraction of sp³-hybridized carbons (Fsp3) is 1.00. The molecule has 0 bridgehead atoms. The van der Waals surface area contributed by atoms with Crippen LogP contribution >= 0.6 is 23.4 Å². The van der Waals surface area contributed by atoms with Crippen LogP contribution in [0.5, 0.6) is 0 Å². The SMILES string of the molecule is CSCCCCC(Cl)C(C)C. The fourth-order valence-electron chi connectivity index (χ4n) is 0.919. The number of alkyl halides is 1. The lowest BCUT2D eigenvalue weighted by Crippen LogP contribution is -2.07. The van der Waals surface area contributed by atoms with Crippen molar-refractivity contribution in [2.24, 2.45) is 5.92 Å². The summed E-state index contributed by atoms with van der Waals surface area (Å²) in [6, 6.07) is 0. The van der Waals surface area contributed by atoms with E-state index in [1.165, 1.54) is 25.0 Å². The van der Waals surface area contributed by atoms with E-state index >= 15 is 0 Å². The quantitative estimate of drug-likeness (QED) is 0.458. The van der Waals surface area contributed by atoms with E-state index in [0.29, 0.717) is 11.3 Å². The number of hydrogen-bond donors (Lipinski definition) is 0. The molecule has 1 unspecified atom stereocenters. The average Bonchev–Trinajstić information content (AvgIpc) is 1.97. The van der Waals surface area contributed by atoms with Crippen molar-refractivity contribution in [3.05, 3.63) is 0 Å². The van der Waals surface area contributed by atoms with Crippen molar-refractivity contribution < 1.29 is 0 Å². The Bertz CT molecular complexity index is 83.6. The molecule has 2 heteroatoms. The van der Waals surface area contributed by atoms with Gasteiger partial charge >= 0.3 is 0 Å². The first-order valence-corrected chi connectivity index (χ1v) is 6.14. The molecular formula is C9H19ClS. The Morgan fingerprint density at radius 3 is 2.36 bits per heavy atom. The van der Waals surface area contributed by atoms with E-state index in [-0.39, 0.29) is 0 Å². The van der Waals surface area contributed by atoms with E-state index < -0.39 is 0 Å². The molecule has 0 spiro atoms. The van der Waals surface area contributed by atoms with Crippen LogP contribution in [0, 0.1) is 5.92 Å². The molecule has 0 heterocycles. The number of rotatable bonds is 6. The van der Waals surface area contributed by atoms with Crippen molar-refractivity contribution in [3.8, 4) is 0 Å². The predicted octanol–water partition coefficient (Wildman–Crippen LogP) is 3.78. The monoisotopic (exact) mass is 194 g/mol. The van der Waals surface area contributed by atoms with Gasteiger partial charge in [0.2, 0.25) is 0 Å². The minimum atomic E-state index is 0.386.